The average Bonchev–Trinajstić information content (AvgIpc) is 2.99. The summed E-state index contributed by atoms with van der Waals surface area (Å²) in [7, 11) is -1.99. The minimum absolute atomic E-state index is 0.141. The third-order valence-electron chi connectivity index (χ3n) is 5.04. The zero-order valence-electron chi connectivity index (χ0n) is 14.7. The second-order valence-corrected chi connectivity index (χ2v) is 8.54. The summed E-state index contributed by atoms with van der Waals surface area (Å²) in [5, 5.41) is 0. The van der Waals surface area contributed by atoms with E-state index in [4.69, 9.17) is 4.98 Å². The van der Waals surface area contributed by atoms with Crippen LogP contribution in [0.5, 0.6) is 0 Å². The molecule has 0 aliphatic carbocycles. The minimum Gasteiger partial charge on any atom is -0.331 e. The van der Waals surface area contributed by atoms with Gasteiger partial charge >= 0.3 is 5.69 Å². The highest BCUT2D eigenvalue weighted by atomic mass is 32.2. The number of para-hydroxylation sites is 2. The van der Waals surface area contributed by atoms with Crippen LogP contribution in [0.15, 0.2) is 44.9 Å². The first-order valence-electron chi connectivity index (χ1n) is 8.61. The van der Waals surface area contributed by atoms with E-state index in [1.54, 1.807) is 0 Å². The summed E-state index contributed by atoms with van der Waals surface area (Å²) >= 11 is 0. The monoisotopic (exact) mass is 389 g/mol. The lowest BCUT2D eigenvalue weighted by molar-refractivity contribution is 0.311. The molecule has 27 heavy (non-hydrogen) atoms. The van der Waals surface area contributed by atoms with Crippen molar-refractivity contribution in [3.8, 4) is 0 Å². The molecule has 0 unspecified atom stereocenters. The lowest BCUT2D eigenvalue weighted by atomic mass is 9.97. The van der Waals surface area contributed by atoms with Crippen molar-refractivity contribution in [2.45, 2.75) is 23.7 Å². The van der Waals surface area contributed by atoms with Crippen LogP contribution in [0.2, 0.25) is 0 Å². The molecule has 142 valence electrons. The number of hydrogen-bond donors (Lipinski definition) is 2. The molecule has 1 aliphatic heterocycles. The standard InChI is InChI=1S/C17H19N5O4S/c1-21-13-5-3-2-4-12(13)19-15(21)11-6-8-22(9-7-11)27(25,26)14-10-18-17(24)20-16(14)23/h2-5,10-11H,6-9H2,1H3,(H2,18,20,23,24). The van der Waals surface area contributed by atoms with E-state index < -0.39 is 26.2 Å². The van der Waals surface area contributed by atoms with Crippen LogP contribution in [-0.2, 0) is 17.1 Å². The van der Waals surface area contributed by atoms with E-state index in [1.165, 1.54) is 4.31 Å². The van der Waals surface area contributed by atoms with Crippen LogP contribution in [0.25, 0.3) is 11.0 Å². The van der Waals surface area contributed by atoms with E-state index in [2.05, 4.69) is 9.55 Å². The number of nitrogens with zero attached hydrogens (tertiary/aromatic N) is 3. The third kappa shape index (κ3) is 3.00. The number of nitrogens with one attached hydrogen (secondary N) is 2. The van der Waals surface area contributed by atoms with E-state index in [-0.39, 0.29) is 19.0 Å². The Labute approximate surface area is 154 Å². The first-order valence-corrected chi connectivity index (χ1v) is 10.1. The van der Waals surface area contributed by atoms with Crippen LogP contribution in [-0.4, -0.2) is 45.3 Å². The zero-order valence-corrected chi connectivity index (χ0v) is 15.5. The van der Waals surface area contributed by atoms with Crippen molar-refractivity contribution in [1.82, 2.24) is 23.8 Å². The molecule has 9 nitrogen and oxygen atoms in total. The molecule has 4 rings (SSSR count). The van der Waals surface area contributed by atoms with Gasteiger partial charge in [0.2, 0.25) is 10.0 Å². The first kappa shape index (κ1) is 17.7. The molecule has 2 aromatic heterocycles. The number of hydrogen-bond acceptors (Lipinski definition) is 5. The summed E-state index contributed by atoms with van der Waals surface area (Å²) in [4.78, 5) is 31.4. The predicted molar refractivity (Wildman–Crippen MR) is 99.1 cm³/mol. The number of imidazole rings is 1. The Kier molecular flexibility index (Phi) is 4.23. The van der Waals surface area contributed by atoms with Crippen LogP contribution < -0.4 is 11.2 Å². The highest BCUT2D eigenvalue weighted by Gasteiger charge is 2.33. The second-order valence-electron chi connectivity index (χ2n) is 6.63. The van der Waals surface area contributed by atoms with E-state index in [0.29, 0.717) is 12.8 Å². The topological polar surface area (TPSA) is 121 Å². The highest BCUT2D eigenvalue weighted by molar-refractivity contribution is 7.89. The summed E-state index contributed by atoms with van der Waals surface area (Å²) in [6.07, 6.45) is 2.17. The smallest absolute Gasteiger partial charge is 0.325 e. The molecule has 0 bridgehead atoms. The number of rotatable bonds is 3. The first-order chi connectivity index (χ1) is 12.9. The van der Waals surface area contributed by atoms with Gasteiger partial charge in [-0.2, -0.15) is 4.31 Å². The fourth-order valence-corrected chi connectivity index (χ4v) is 5.07. The molecule has 0 amide bonds. The van der Waals surface area contributed by atoms with Crippen molar-refractivity contribution >= 4 is 21.1 Å². The van der Waals surface area contributed by atoms with Crippen LogP contribution in [0, 0.1) is 0 Å². The molecule has 1 aliphatic rings. The minimum atomic E-state index is -3.96. The molecule has 1 aromatic carbocycles. The zero-order chi connectivity index (χ0) is 19.2. The van der Waals surface area contributed by atoms with Crippen molar-refractivity contribution in [1.29, 1.82) is 0 Å². The molecular weight excluding hydrogens is 370 g/mol. The molecule has 1 saturated heterocycles. The van der Waals surface area contributed by atoms with Crippen molar-refractivity contribution < 1.29 is 8.42 Å². The van der Waals surface area contributed by atoms with E-state index in [0.717, 1.165) is 23.1 Å². The quantitative estimate of drug-likeness (QED) is 0.676. The Balaban J connectivity index is 1.57. The summed E-state index contributed by atoms with van der Waals surface area (Å²) in [6, 6.07) is 7.87. The number of H-pyrrole nitrogens is 2. The van der Waals surface area contributed by atoms with Crippen molar-refractivity contribution in [3.05, 3.63) is 57.1 Å². The molecule has 0 saturated carbocycles. The van der Waals surface area contributed by atoms with Gasteiger partial charge in [0.15, 0.2) is 4.90 Å². The van der Waals surface area contributed by atoms with Crippen molar-refractivity contribution in [2.24, 2.45) is 7.05 Å². The van der Waals surface area contributed by atoms with Gasteiger partial charge < -0.3 is 9.55 Å². The largest absolute Gasteiger partial charge is 0.331 e. The molecular formula is C17H19N5O4S. The Morgan fingerprint density at radius 2 is 1.85 bits per heavy atom. The number of benzene rings is 1. The van der Waals surface area contributed by atoms with Gasteiger partial charge in [-0.3, -0.25) is 9.78 Å². The number of aromatic nitrogens is 4. The Morgan fingerprint density at radius 3 is 2.52 bits per heavy atom. The van der Waals surface area contributed by atoms with Crippen LogP contribution in [0.3, 0.4) is 0 Å². The lowest BCUT2D eigenvalue weighted by Crippen LogP contribution is -2.41. The number of aryl methyl sites for hydroxylation is 1. The van der Waals surface area contributed by atoms with Crippen LogP contribution >= 0.6 is 0 Å². The summed E-state index contributed by atoms with van der Waals surface area (Å²) < 4.78 is 28.8. The number of sulfonamides is 1. The molecule has 0 radical (unpaired) electrons. The van der Waals surface area contributed by atoms with Crippen LogP contribution in [0.4, 0.5) is 0 Å². The average molecular weight is 389 g/mol. The highest BCUT2D eigenvalue weighted by Crippen LogP contribution is 2.31. The van der Waals surface area contributed by atoms with Gasteiger partial charge in [0, 0.05) is 32.3 Å². The fourth-order valence-electron chi connectivity index (χ4n) is 3.61. The van der Waals surface area contributed by atoms with Gasteiger partial charge in [0.05, 0.1) is 11.0 Å². The molecule has 0 spiro atoms. The van der Waals surface area contributed by atoms with Gasteiger partial charge in [-0.25, -0.2) is 18.2 Å². The van der Waals surface area contributed by atoms with Gasteiger partial charge in [0.1, 0.15) is 5.82 Å². The van der Waals surface area contributed by atoms with Gasteiger partial charge in [-0.05, 0) is 25.0 Å². The molecule has 10 heteroatoms. The summed E-state index contributed by atoms with van der Waals surface area (Å²) in [6.45, 7) is 0.573. The molecule has 1 fully saturated rings. The molecule has 2 N–H and O–H groups in total. The van der Waals surface area contributed by atoms with E-state index in [1.807, 2.05) is 36.3 Å². The van der Waals surface area contributed by atoms with E-state index >= 15 is 0 Å². The van der Waals surface area contributed by atoms with Crippen LogP contribution in [0.1, 0.15) is 24.6 Å². The maximum Gasteiger partial charge on any atom is 0.325 e. The van der Waals surface area contributed by atoms with Crippen molar-refractivity contribution in [3.63, 3.8) is 0 Å². The molecule has 3 heterocycles. The Hall–Kier alpha value is -2.72. The Bertz CT molecular complexity index is 1220. The third-order valence-corrected chi connectivity index (χ3v) is 6.95. The normalized spacial score (nSPS) is 16.8. The van der Waals surface area contributed by atoms with Gasteiger partial charge in [0.25, 0.3) is 5.56 Å². The Morgan fingerprint density at radius 1 is 1.15 bits per heavy atom. The van der Waals surface area contributed by atoms with Gasteiger partial charge in [-0.1, -0.05) is 12.1 Å². The van der Waals surface area contributed by atoms with E-state index in [9.17, 15) is 18.0 Å². The second kappa shape index (κ2) is 6.46. The predicted octanol–water partition coefficient (Wildman–Crippen LogP) is 0.518. The fraction of sp³-hybridized carbons (Fsp3) is 0.353. The number of fused-ring (bicyclic) bond motifs is 1. The molecule has 0 atom stereocenters. The summed E-state index contributed by atoms with van der Waals surface area (Å²) in [5.41, 5.74) is 0.322. The summed E-state index contributed by atoms with van der Waals surface area (Å²) in [5.74, 6) is 1.08. The number of piperidine rings is 1. The van der Waals surface area contributed by atoms with Crippen molar-refractivity contribution in [2.75, 3.05) is 13.1 Å². The maximum atomic E-state index is 12.7. The van der Waals surface area contributed by atoms with Gasteiger partial charge in [-0.15, -0.1) is 0 Å². The molecule has 3 aromatic rings. The SMILES string of the molecule is Cn1c(C2CCN(S(=O)(=O)c3c[nH]c(=O)[nH]c3=O)CC2)nc2ccccc21. The lowest BCUT2D eigenvalue weighted by Gasteiger charge is -2.30. The number of aromatic amines is 2. The maximum absolute atomic E-state index is 12.7.